The van der Waals surface area contributed by atoms with Gasteiger partial charge in [-0.25, -0.2) is 4.39 Å². The number of nitrogens with zero attached hydrogens (tertiary/aromatic N) is 4. The highest BCUT2D eigenvalue weighted by molar-refractivity contribution is 14.0. The van der Waals surface area contributed by atoms with Crippen LogP contribution in [0.3, 0.4) is 0 Å². The molecule has 0 spiro atoms. The second-order valence-electron chi connectivity index (χ2n) is 6.45. The third-order valence-corrected chi connectivity index (χ3v) is 4.12. The van der Waals surface area contributed by atoms with Gasteiger partial charge in [0.1, 0.15) is 5.82 Å². The van der Waals surface area contributed by atoms with Crippen LogP contribution in [0.4, 0.5) is 4.39 Å². The van der Waals surface area contributed by atoms with Gasteiger partial charge in [-0.1, -0.05) is 12.1 Å². The summed E-state index contributed by atoms with van der Waals surface area (Å²) in [5.41, 5.74) is 2.24. The van der Waals surface area contributed by atoms with Gasteiger partial charge in [0, 0.05) is 31.9 Å². The molecule has 1 aromatic heterocycles. The zero-order valence-electron chi connectivity index (χ0n) is 16.4. The number of aliphatic imine (C=N–C) groups is 1. The Kier molecular flexibility index (Phi) is 10.3. The summed E-state index contributed by atoms with van der Waals surface area (Å²) in [5, 5.41) is 10.9. The fraction of sp³-hybridized carbons (Fsp3) is 0.474. The van der Waals surface area contributed by atoms with Crippen LogP contribution in [0.2, 0.25) is 0 Å². The number of likely N-dealkylation sites (N-methyl/N-ethyl adjacent to an activating group) is 1. The van der Waals surface area contributed by atoms with Crippen molar-refractivity contribution in [3.8, 4) is 0 Å². The Hall–Kier alpha value is -1.68. The summed E-state index contributed by atoms with van der Waals surface area (Å²) in [4.78, 5) is 6.86. The van der Waals surface area contributed by atoms with Gasteiger partial charge in [0.2, 0.25) is 0 Å². The lowest BCUT2D eigenvalue weighted by Gasteiger charge is -2.22. The SMILES string of the molecule is CCNC(=NCC(c1cnn(C)c1)N(C)C)NCCc1ccc(F)cc1.I. The molecule has 2 rings (SSSR count). The van der Waals surface area contributed by atoms with E-state index in [9.17, 15) is 4.39 Å². The first kappa shape index (κ1) is 23.4. The molecule has 1 aromatic carbocycles. The first-order valence-corrected chi connectivity index (χ1v) is 8.91. The second kappa shape index (κ2) is 11.9. The van der Waals surface area contributed by atoms with Crippen LogP contribution in [0.5, 0.6) is 0 Å². The van der Waals surface area contributed by atoms with Crippen molar-refractivity contribution in [1.29, 1.82) is 0 Å². The van der Waals surface area contributed by atoms with Crippen molar-refractivity contribution in [3.05, 3.63) is 53.6 Å². The van der Waals surface area contributed by atoms with Crippen molar-refractivity contribution in [2.24, 2.45) is 12.0 Å². The Morgan fingerprint density at radius 2 is 1.96 bits per heavy atom. The Morgan fingerprint density at radius 3 is 2.52 bits per heavy atom. The molecule has 0 radical (unpaired) electrons. The number of halogens is 2. The van der Waals surface area contributed by atoms with Crippen LogP contribution in [0.1, 0.15) is 24.1 Å². The maximum atomic E-state index is 13.0. The minimum atomic E-state index is -0.207. The lowest BCUT2D eigenvalue weighted by molar-refractivity contribution is 0.306. The number of rotatable bonds is 8. The fourth-order valence-electron chi connectivity index (χ4n) is 2.67. The van der Waals surface area contributed by atoms with E-state index < -0.39 is 0 Å². The summed E-state index contributed by atoms with van der Waals surface area (Å²) >= 11 is 0. The number of benzene rings is 1. The van der Waals surface area contributed by atoms with Crippen molar-refractivity contribution >= 4 is 29.9 Å². The molecule has 1 atom stereocenters. The van der Waals surface area contributed by atoms with Gasteiger partial charge in [-0.05, 0) is 45.1 Å². The minimum Gasteiger partial charge on any atom is -0.357 e. The number of aromatic nitrogens is 2. The summed E-state index contributed by atoms with van der Waals surface area (Å²) in [5.74, 6) is 0.576. The van der Waals surface area contributed by atoms with Gasteiger partial charge in [0.15, 0.2) is 5.96 Å². The Balaban J connectivity index is 0.00000364. The summed E-state index contributed by atoms with van der Waals surface area (Å²) < 4.78 is 14.8. The van der Waals surface area contributed by atoms with Crippen LogP contribution in [0.25, 0.3) is 0 Å². The predicted molar refractivity (Wildman–Crippen MR) is 119 cm³/mol. The molecule has 8 heteroatoms. The first-order valence-electron chi connectivity index (χ1n) is 8.91. The molecule has 0 bridgehead atoms. The van der Waals surface area contributed by atoms with E-state index in [2.05, 4.69) is 20.6 Å². The molecule has 0 aliphatic heterocycles. The third kappa shape index (κ3) is 7.84. The molecule has 0 saturated carbocycles. The third-order valence-electron chi connectivity index (χ3n) is 4.12. The molecule has 0 aliphatic carbocycles. The van der Waals surface area contributed by atoms with Gasteiger partial charge >= 0.3 is 0 Å². The number of guanidine groups is 1. The largest absolute Gasteiger partial charge is 0.357 e. The smallest absolute Gasteiger partial charge is 0.191 e. The van der Waals surface area contributed by atoms with E-state index in [4.69, 9.17) is 4.99 Å². The molecule has 0 amide bonds. The molecule has 27 heavy (non-hydrogen) atoms. The molecule has 6 nitrogen and oxygen atoms in total. The maximum absolute atomic E-state index is 13.0. The number of hydrogen-bond donors (Lipinski definition) is 2. The normalized spacial score (nSPS) is 12.6. The average Bonchev–Trinajstić information content (AvgIpc) is 3.02. The summed E-state index contributed by atoms with van der Waals surface area (Å²) in [7, 11) is 6.00. The van der Waals surface area contributed by atoms with Crippen LogP contribution in [0.15, 0.2) is 41.7 Å². The minimum absolute atomic E-state index is 0. The Labute approximate surface area is 178 Å². The molecule has 2 N–H and O–H groups in total. The van der Waals surface area contributed by atoms with E-state index in [0.717, 1.165) is 36.6 Å². The van der Waals surface area contributed by atoms with Crippen molar-refractivity contribution in [1.82, 2.24) is 25.3 Å². The molecular formula is C19H30FIN6. The number of aryl methyl sites for hydroxylation is 1. The molecular weight excluding hydrogens is 458 g/mol. The summed E-state index contributed by atoms with van der Waals surface area (Å²) in [6, 6.07) is 6.77. The molecule has 1 heterocycles. The van der Waals surface area contributed by atoms with Gasteiger partial charge in [0.25, 0.3) is 0 Å². The van der Waals surface area contributed by atoms with E-state index in [-0.39, 0.29) is 35.8 Å². The van der Waals surface area contributed by atoms with Crippen molar-refractivity contribution < 1.29 is 4.39 Å². The summed E-state index contributed by atoms with van der Waals surface area (Å²) in [6.45, 7) is 4.20. The van der Waals surface area contributed by atoms with Crippen molar-refractivity contribution in [2.75, 3.05) is 33.7 Å². The summed E-state index contributed by atoms with van der Waals surface area (Å²) in [6.07, 6.45) is 4.72. The Morgan fingerprint density at radius 1 is 1.26 bits per heavy atom. The fourth-order valence-corrected chi connectivity index (χ4v) is 2.67. The standard InChI is InChI=1S/C19H29FN6.HI/c1-5-21-19(22-11-10-15-6-8-17(20)9-7-15)23-13-18(25(2)3)16-12-24-26(4)14-16;/h6-9,12,14,18H,5,10-11,13H2,1-4H3,(H2,21,22,23);1H. The molecule has 150 valence electrons. The monoisotopic (exact) mass is 488 g/mol. The molecule has 1 unspecified atom stereocenters. The van der Waals surface area contributed by atoms with Gasteiger partial charge < -0.3 is 15.5 Å². The van der Waals surface area contributed by atoms with Gasteiger partial charge in [0.05, 0.1) is 18.8 Å². The van der Waals surface area contributed by atoms with Crippen molar-refractivity contribution in [2.45, 2.75) is 19.4 Å². The van der Waals surface area contributed by atoms with Crippen LogP contribution < -0.4 is 10.6 Å². The van der Waals surface area contributed by atoms with E-state index in [1.165, 1.54) is 12.1 Å². The van der Waals surface area contributed by atoms with Crippen molar-refractivity contribution in [3.63, 3.8) is 0 Å². The van der Waals surface area contributed by atoms with Crippen LogP contribution in [-0.4, -0.2) is 54.4 Å². The van der Waals surface area contributed by atoms with Crippen LogP contribution in [-0.2, 0) is 13.5 Å². The zero-order chi connectivity index (χ0) is 18.9. The lowest BCUT2D eigenvalue weighted by Crippen LogP contribution is -2.39. The maximum Gasteiger partial charge on any atom is 0.191 e. The zero-order valence-corrected chi connectivity index (χ0v) is 18.8. The van der Waals surface area contributed by atoms with Crippen LogP contribution >= 0.6 is 24.0 Å². The van der Waals surface area contributed by atoms with E-state index in [1.807, 2.05) is 57.3 Å². The lowest BCUT2D eigenvalue weighted by atomic mass is 10.1. The van der Waals surface area contributed by atoms with E-state index in [1.54, 1.807) is 0 Å². The highest BCUT2D eigenvalue weighted by Crippen LogP contribution is 2.17. The predicted octanol–water partition coefficient (Wildman–Crippen LogP) is 2.58. The molecule has 0 fully saturated rings. The highest BCUT2D eigenvalue weighted by Gasteiger charge is 2.15. The second-order valence-corrected chi connectivity index (χ2v) is 6.45. The Bertz CT molecular complexity index is 698. The first-order chi connectivity index (χ1) is 12.5. The van der Waals surface area contributed by atoms with Gasteiger partial charge in [-0.3, -0.25) is 9.67 Å². The van der Waals surface area contributed by atoms with E-state index in [0.29, 0.717) is 6.54 Å². The highest BCUT2D eigenvalue weighted by atomic mass is 127. The molecule has 0 aliphatic rings. The quantitative estimate of drug-likeness (QED) is 0.341. The average molecular weight is 488 g/mol. The topological polar surface area (TPSA) is 57.5 Å². The molecule has 0 saturated heterocycles. The van der Waals surface area contributed by atoms with E-state index >= 15 is 0 Å². The van der Waals surface area contributed by atoms with Gasteiger partial charge in [-0.2, -0.15) is 5.10 Å². The number of nitrogens with one attached hydrogen (secondary N) is 2. The molecule has 2 aromatic rings. The number of hydrogen-bond acceptors (Lipinski definition) is 3. The van der Waals surface area contributed by atoms with Gasteiger partial charge in [-0.15, -0.1) is 24.0 Å². The van der Waals surface area contributed by atoms with Crippen LogP contribution in [0, 0.1) is 5.82 Å².